The summed E-state index contributed by atoms with van der Waals surface area (Å²) in [5, 5.41) is 5.20. The Morgan fingerprint density at radius 3 is 2.22 bits per heavy atom. The number of methoxy groups -OCH3 is 1. The van der Waals surface area contributed by atoms with Gasteiger partial charge >= 0.3 is 5.97 Å². The van der Waals surface area contributed by atoms with Gasteiger partial charge in [-0.1, -0.05) is 12.2 Å². The van der Waals surface area contributed by atoms with Gasteiger partial charge in [0.25, 0.3) is 11.8 Å². The van der Waals surface area contributed by atoms with Gasteiger partial charge < -0.3 is 9.47 Å². The molecule has 4 aliphatic rings. The fraction of sp³-hybridized carbons (Fsp3) is 0.400. The van der Waals surface area contributed by atoms with E-state index in [4.69, 9.17) is 4.74 Å². The minimum Gasteiger partial charge on any atom is -0.482 e. The smallest absolute Gasteiger partial charge is 0.343 e. The van der Waals surface area contributed by atoms with Gasteiger partial charge in [0.15, 0.2) is 6.61 Å². The van der Waals surface area contributed by atoms with E-state index in [1.807, 2.05) is 0 Å². The molecule has 1 heterocycles. The zero-order valence-electron chi connectivity index (χ0n) is 14.9. The first-order chi connectivity index (χ1) is 13.1. The predicted octanol–water partition coefficient (Wildman–Crippen LogP) is 1.77. The van der Waals surface area contributed by atoms with E-state index in [2.05, 4.69) is 22.0 Å². The quantitative estimate of drug-likeness (QED) is 0.342. The highest BCUT2D eigenvalue weighted by Gasteiger charge is 2.56. The summed E-state index contributed by atoms with van der Waals surface area (Å²) in [5.41, 5.74) is 0.719. The fourth-order valence-electron chi connectivity index (χ4n) is 4.15. The fourth-order valence-corrected chi connectivity index (χ4v) is 4.15. The number of rotatable bonds is 5. The van der Waals surface area contributed by atoms with Crippen molar-refractivity contribution < 1.29 is 23.9 Å². The van der Waals surface area contributed by atoms with Crippen molar-refractivity contribution in [2.75, 3.05) is 13.7 Å². The van der Waals surface area contributed by atoms with E-state index in [0.29, 0.717) is 5.75 Å². The second-order valence-electron chi connectivity index (χ2n) is 7.01. The summed E-state index contributed by atoms with van der Waals surface area (Å²) in [6.45, 7) is -0.167. The maximum atomic E-state index is 12.7. The van der Waals surface area contributed by atoms with Crippen LogP contribution in [0.2, 0.25) is 0 Å². The van der Waals surface area contributed by atoms with Gasteiger partial charge in [-0.05, 0) is 54.5 Å². The number of carbonyl (C=O) groups excluding carboxylic acids is 3. The van der Waals surface area contributed by atoms with Crippen molar-refractivity contribution in [3.05, 3.63) is 42.0 Å². The molecule has 2 bridgehead atoms. The third-order valence-corrected chi connectivity index (χ3v) is 5.52. The molecule has 0 aromatic heterocycles. The Bertz CT molecular complexity index is 797. The molecule has 1 aromatic rings. The first kappa shape index (κ1) is 17.5. The maximum Gasteiger partial charge on any atom is 0.343 e. The summed E-state index contributed by atoms with van der Waals surface area (Å²) >= 11 is 0. The van der Waals surface area contributed by atoms with Gasteiger partial charge in [-0.25, -0.2) is 4.79 Å². The number of fused-ring (bicyclic) bond motifs is 1. The highest BCUT2D eigenvalue weighted by Crippen LogP contribution is 2.49. The van der Waals surface area contributed by atoms with Crippen LogP contribution in [-0.2, 0) is 19.1 Å². The number of ether oxygens (including phenoxy) is 2. The van der Waals surface area contributed by atoms with Gasteiger partial charge in [0, 0.05) is 0 Å². The second kappa shape index (κ2) is 6.98. The molecule has 1 aromatic carbocycles. The van der Waals surface area contributed by atoms with Gasteiger partial charge in [0.05, 0.1) is 25.2 Å². The maximum absolute atomic E-state index is 12.7. The standard InChI is InChI=1S/C20H20N2O5/c1-26-16(23)11-27-15-8-2-12(3-9-15)10-21-22-19(24)17-13-4-5-14(7-6-13)18(17)20(22)25/h2-5,8-10,13-14,17-18H,6-7,11H2,1H3/b21-10-/t13-,14-,17+,18+/m0/s1. The molecule has 5 rings (SSSR count). The number of esters is 1. The number of allylic oxidation sites excluding steroid dienone is 2. The largest absolute Gasteiger partial charge is 0.482 e. The second-order valence-corrected chi connectivity index (χ2v) is 7.01. The van der Waals surface area contributed by atoms with E-state index in [9.17, 15) is 14.4 Å². The molecule has 4 atom stereocenters. The average molecular weight is 368 g/mol. The summed E-state index contributed by atoms with van der Waals surface area (Å²) in [7, 11) is 1.30. The molecule has 1 aliphatic heterocycles. The number of amides is 2. The average Bonchev–Trinajstić information content (AvgIpc) is 2.98. The lowest BCUT2D eigenvalue weighted by molar-refractivity contribution is -0.143. The summed E-state index contributed by atoms with van der Waals surface area (Å²) in [6, 6.07) is 6.84. The number of carbonyl (C=O) groups is 3. The van der Waals surface area contributed by atoms with Gasteiger partial charge in [-0.2, -0.15) is 10.1 Å². The lowest BCUT2D eigenvalue weighted by Crippen LogP contribution is -2.38. The number of hydrogen-bond donors (Lipinski definition) is 0. The van der Waals surface area contributed by atoms with Crippen molar-refractivity contribution in [1.82, 2.24) is 5.01 Å². The molecule has 1 saturated carbocycles. The molecule has 0 unspecified atom stereocenters. The molecule has 27 heavy (non-hydrogen) atoms. The lowest BCUT2D eigenvalue weighted by atomic mass is 9.63. The SMILES string of the molecule is COC(=O)COc1ccc(/C=N\N2C(=O)[C@H]3[C@H](C2=O)[C@H]2C=C[C@H]3CC2)cc1. The Morgan fingerprint density at radius 1 is 1.11 bits per heavy atom. The Hall–Kier alpha value is -2.96. The van der Waals surface area contributed by atoms with Crippen LogP contribution in [0.3, 0.4) is 0 Å². The third kappa shape index (κ3) is 3.13. The lowest BCUT2D eigenvalue weighted by Gasteiger charge is -2.37. The number of hydrogen-bond acceptors (Lipinski definition) is 6. The van der Waals surface area contributed by atoms with E-state index in [0.717, 1.165) is 23.4 Å². The highest BCUT2D eigenvalue weighted by atomic mass is 16.6. The van der Waals surface area contributed by atoms with Crippen molar-refractivity contribution in [3.8, 4) is 5.75 Å². The molecule has 2 amide bonds. The first-order valence-corrected chi connectivity index (χ1v) is 8.98. The third-order valence-electron chi connectivity index (χ3n) is 5.52. The van der Waals surface area contributed by atoms with E-state index < -0.39 is 5.97 Å². The Balaban J connectivity index is 1.43. The van der Waals surface area contributed by atoms with Crippen molar-refractivity contribution in [3.63, 3.8) is 0 Å². The van der Waals surface area contributed by atoms with Crippen LogP contribution in [0.1, 0.15) is 18.4 Å². The van der Waals surface area contributed by atoms with Crippen LogP contribution in [0.15, 0.2) is 41.5 Å². The summed E-state index contributed by atoms with van der Waals surface area (Å²) in [6.07, 6.45) is 7.59. The number of imide groups is 1. The van der Waals surface area contributed by atoms with Crippen molar-refractivity contribution >= 4 is 24.0 Å². The van der Waals surface area contributed by atoms with Crippen LogP contribution in [0.4, 0.5) is 0 Å². The molecule has 1 saturated heterocycles. The molecule has 7 heteroatoms. The summed E-state index contributed by atoms with van der Waals surface area (Å²) in [4.78, 5) is 36.5. The Kier molecular flexibility index (Phi) is 4.51. The molecule has 7 nitrogen and oxygen atoms in total. The highest BCUT2D eigenvalue weighted by molar-refractivity contribution is 6.06. The van der Waals surface area contributed by atoms with Crippen molar-refractivity contribution in [1.29, 1.82) is 0 Å². The predicted molar refractivity (Wildman–Crippen MR) is 95.7 cm³/mol. The molecule has 3 aliphatic carbocycles. The molecule has 140 valence electrons. The molecule has 0 N–H and O–H groups in total. The number of benzene rings is 1. The topological polar surface area (TPSA) is 85.3 Å². The molecule has 0 spiro atoms. The number of hydrazone groups is 1. The van der Waals surface area contributed by atoms with Crippen LogP contribution < -0.4 is 4.74 Å². The van der Waals surface area contributed by atoms with E-state index in [1.165, 1.54) is 13.3 Å². The minimum absolute atomic E-state index is 0.155. The van der Waals surface area contributed by atoms with Crippen LogP contribution in [0.25, 0.3) is 0 Å². The first-order valence-electron chi connectivity index (χ1n) is 8.98. The minimum atomic E-state index is -0.461. The van der Waals surface area contributed by atoms with E-state index in [-0.39, 0.29) is 42.1 Å². The zero-order chi connectivity index (χ0) is 19.0. The van der Waals surface area contributed by atoms with Crippen molar-refractivity contribution in [2.24, 2.45) is 28.8 Å². The van der Waals surface area contributed by atoms with Gasteiger partial charge in [-0.3, -0.25) is 9.59 Å². The number of nitrogens with zero attached hydrogens (tertiary/aromatic N) is 2. The molecule has 0 radical (unpaired) electrons. The van der Waals surface area contributed by atoms with Crippen LogP contribution in [0, 0.1) is 23.7 Å². The summed E-state index contributed by atoms with van der Waals surface area (Å²) < 4.78 is 9.79. The van der Waals surface area contributed by atoms with Crippen molar-refractivity contribution in [2.45, 2.75) is 12.8 Å². The van der Waals surface area contributed by atoms with Crippen LogP contribution in [0.5, 0.6) is 5.75 Å². The zero-order valence-corrected chi connectivity index (χ0v) is 14.9. The van der Waals surface area contributed by atoms with Gasteiger partial charge in [-0.15, -0.1) is 0 Å². The Morgan fingerprint density at radius 2 is 1.70 bits per heavy atom. The summed E-state index contributed by atoms with van der Waals surface area (Å²) in [5.74, 6) is -0.543. The monoisotopic (exact) mass is 368 g/mol. The van der Waals surface area contributed by atoms with Gasteiger partial charge in [0.2, 0.25) is 0 Å². The normalized spacial score (nSPS) is 28.7. The molecule has 2 fully saturated rings. The van der Waals surface area contributed by atoms with E-state index >= 15 is 0 Å². The molecular formula is C20H20N2O5. The molecular weight excluding hydrogens is 348 g/mol. The van der Waals surface area contributed by atoms with E-state index in [1.54, 1.807) is 24.3 Å². The van der Waals surface area contributed by atoms with Gasteiger partial charge in [0.1, 0.15) is 5.75 Å². The Labute approximate surface area is 156 Å². The van der Waals surface area contributed by atoms with Crippen LogP contribution >= 0.6 is 0 Å². The van der Waals surface area contributed by atoms with Crippen LogP contribution in [-0.4, -0.2) is 42.7 Å².